The molecule has 3 nitrogen and oxygen atoms in total. The van der Waals surface area contributed by atoms with Crippen LogP contribution in [-0.2, 0) is 4.79 Å². The van der Waals surface area contributed by atoms with Crippen molar-refractivity contribution in [1.29, 1.82) is 0 Å². The molecular formula is C11H12Br2N2OS. The Morgan fingerprint density at radius 3 is 2.71 bits per heavy atom. The number of amides is 1. The molecule has 1 aliphatic rings. The minimum absolute atomic E-state index is 0.0734. The first-order chi connectivity index (χ1) is 7.85. The predicted octanol–water partition coefficient (Wildman–Crippen LogP) is 3.40. The van der Waals surface area contributed by atoms with Gasteiger partial charge in [-0.05, 0) is 32.4 Å². The van der Waals surface area contributed by atoms with Crippen LogP contribution < -0.4 is 5.43 Å². The number of nitrogens with zero attached hydrogens (tertiary/aromatic N) is 1. The Morgan fingerprint density at radius 1 is 1.59 bits per heavy atom. The molecule has 1 atom stereocenters. The van der Waals surface area contributed by atoms with E-state index in [0.717, 1.165) is 11.3 Å². The average Bonchev–Trinajstić information content (AvgIpc) is 2.58. The number of nitrogens with one attached hydrogen (secondary N) is 1. The third-order valence-electron chi connectivity index (χ3n) is 2.88. The number of halogens is 2. The molecule has 0 bridgehead atoms. The number of hydrazone groups is 1. The maximum absolute atomic E-state index is 11.9. The van der Waals surface area contributed by atoms with Gasteiger partial charge in [0.05, 0.1) is 14.9 Å². The highest BCUT2D eigenvalue weighted by Gasteiger charge is 2.66. The van der Waals surface area contributed by atoms with Crippen LogP contribution in [0.3, 0.4) is 0 Å². The van der Waals surface area contributed by atoms with E-state index in [0.29, 0.717) is 0 Å². The van der Waals surface area contributed by atoms with Crippen molar-refractivity contribution >= 4 is 55.3 Å². The van der Waals surface area contributed by atoms with Crippen molar-refractivity contribution in [3.63, 3.8) is 0 Å². The van der Waals surface area contributed by atoms with Crippen molar-refractivity contribution in [1.82, 2.24) is 5.43 Å². The molecule has 1 aromatic heterocycles. The highest BCUT2D eigenvalue weighted by atomic mass is 79.9. The Bertz CT molecular complexity index is 484. The van der Waals surface area contributed by atoms with Crippen molar-refractivity contribution in [2.45, 2.75) is 23.5 Å². The van der Waals surface area contributed by atoms with Crippen molar-refractivity contribution in [3.8, 4) is 0 Å². The molecule has 0 aromatic carbocycles. The van der Waals surface area contributed by atoms with Crippen LogP contribution in [-0.4, -0.2) is 15.4 Å². The molecule has 0 unspecified atom stereocenters. The van der Waals surface area contributed by atoms with Gasteiger partial charge in [0.1, 0.15) is 0 Å². The fourth-order valence-electron chi connectivity index (χ4n) is 1.45. The molecule has 1 fully saturated rings. The second-order valence-electron chi connectivity index (χ2n) is 4.36. The molecule has 17 heavy (non-hydrogen) atoms. The minimum Gasteiger partial charge on any atom is -0.272 e. The first kappa shape index (κ1) is 13.2. The number of hydrogen-bond acceptors (Lipinski definition) is 3. The lowest BCUT2D eigenvalue weighted by molar-refractivity contribution is -0.125. The van der Waals surface area contributed by atoms with Gasteiger partial charge in [-0.15, -0.1) is 11.3 Å². The molecule has 1 aliphatic carbocycles. The Balaban J connectivity index is 1.91. The third-order valence-corrected chi connectivity index (χ3v) is 6.12. The maximum atomic E-state index is 11.9. The summed E-state index contributed by atoms with van der Waals surface area (Å²) in [6.07, 6.45) is 2.44. The largest absolute Gasteiger partial charge is 0.272 e. The zero-order chi connectivity index (χ0) is 12.7. The van der Waals surface area contributed by atoms with Gasteiger partial charge in [-0.1, -0.05) is 31.9 Å². The van der Waals surface area contributed by atoms with E-state index in [4.69, 9.17) is 0 Å². The quantitative estimate of drug-likeness (QED) is 0.488. The summed E-state index contributed by atoms with van der Waals surface area (Å²) in [6.45, 7) is 3.94. The monoisotopic (exact) mass is 378 g/mol. The molecule has 6 heteroatoms. The number of aryl methyl sites for hydroxylation is 1. The highest BCUT2D eigenvalue weighted by molar-refractivity contribution is 9.25. The van der Waals surface area contributed by atoms with Gasteiger partial charge in [-0.2, -0.15) is 5.10 Å². The van der Waals surface area contributed by atoms with Gasteiger partial charge >= 0.3 is 0 Å². The second kappa shape index (κ2) is 4.48. The predicted molar refractivity (Wildman–Crippen MR) is 78.1 cm³/mol. The number of hydrogen-bond donors (Lipinski definition) is 1. The van der Waals surface area contributed by atoms with Crippen molar-refractivity contribution in [3.05, 3.63) is 21.9 Å². The number of carbonyl (C=O) groups excluding carboxylic acids is 1. The van der Waals surface area contributed by atoms with Crippen LogP contribution in [0, 0.1) is 12.3 Å². The number of thiophene rings is 1. The summed E-state index contributed by atoms with van der Waals surface area (Å²) in [6, 6.07) is 4.01. The Morgan fingerprint density at radius 2 is 2.24 bits per heavy atom. The van der Waals surface area contributed by atoms with Gasteiger partial charge in [-0.25, -0.2) is 5.43 Å². The van der Waals surface area contributed by atoms with Gasteiger partial charge in [0, 0.05) is 9.75 Å². The van der Waals surface area contributed by atoms with E-state index >= 15 is 0 Å². The normalized spacial score (nSPS) is 26.1. The molecule has 2 rings (SSSR count). The summed E-state index contributed by atoms with van der Waals surface area (Å²) < 4.78 is -0.272. The van der Waals surface area contributed by atoms with Gasteiger partial charge < -0.3 is 0 Å². The van der Waals surface area contributed by atoms with Crippen LogP contribution in [0.25, 0.3) is 0 Å². The summed E-state index contributed by atoms with van der Waals surface area (Å²) >= 11 is 8.55. The van der Waals surface area contributed by atoms with Crippen LogP contribution in [0.5, 0.6) is 0 Å². The smallest absolute Gasteiger partial charge is 0.248 e. The molecule has 1 heterocycles. The summed E-state index contributed by atoms with van der Waals surface area (Å²) in [5.41, 5.74) is 2.15. The summed E-state index contributed by atoms with van der Waals surface area (Å²) in [5.74, 6) is -0.0734. The fraction of sp³-hybridized carbons (Fsp3) is 0.455. The zero-order valence-corrected chi connectivity index (χ0v) is 13.4. The molecular weight excluding hydrogens is 368 g/mol. The van der Waals surface area contributed by atoms with Crippen LogP contribution >= 0.6 is 43.2 Å². The van der Waals surface area contributed by atoms with Gasteiger partial charge in [0.2, 0.25) is 5.91 Å². The maximum Gasteiger partial charge on any atom is 0.248 e. The Labute approximate surface area is 121 Å². The molecule has 0 aliphatic heterocycles. The Kier molecular flexibility index (Phi) is 3.49. The molecule has 0 saturated heterocycles. The van der Waals surface area contributed by atoms with E-state index in [1.54, 1.807) is 17.6 Å². The minimum atomic E-state index is -0.421. The molecule has 0 radical (unpaired) electrons. The van der Waals surface area contributed by atoms with E-state index in [1.807, 2.05) is 26.0 Å². The summed E-state index contributed by atoms with van der Waals surface area (Å²) in [7, 11) is 0. The Hall–Kier alpha value is -0.200. The third kappa shape index (κ3) is 2.63. The van der Waals surface area contributed by atoms with Crippen LogP contribution in [0.4, 0.5) is 0 Å². The number of rotatable bonds is 3. The summed E-state index contributed by atoms with van der Waals surface area (Å²) in [4.78, 5) is 14.1. The SMILES string of the molecule is Cc1ccc(/C=N\NC(=O)[C@]2(C)CC2(Br)Br)s1. The first-order valence-electron chi connectivity index (χ1n) is 5.13. The number of alkyl halides is 2. The molecule has 92 valence electrons. The standard InChI is InChI=1S/C11H12Br2N2OS/c1-7-3-4-8(17-7)5-14-15-9(16)10(2)6-11(10,12)13/h3-5H,6H2,1-2H3,(H,15,16)/b14-5-/t10-/m0/s1. The van der Waals surface area contributed by atoms with E-state index in [2.05, 4.69) is 42.4 Å². The molecule has 1 aromatic rings. The van der Waals surface area contributed by atoms with Crippen LogP contribution in [0.15, 0.2) is 17.2 Å². The van der Waals surface area contributed by atoms with E-state index in [-0.39, 0.29) is 9.14 Å². The number of carbonyl (C=O) groups is 1. The van der Waals surface area contributed by atoms with E-state index in [9.17, 15) is 4.79 Å². The van der Waals surface area contributed by atoms with Gasteiger partial charge in [0.15, 0.2) is 0 Å². The van der Waals surface area contributed by atoms with E-state index in [1.165, 1.54) is 4.88 Å². The van der Waals surface area contributed by atoms with E-state index < -0.39 is 5.41 Å². The van der Waals surface area contributed by atoms with Crippen molar-refractivity contribution < 1.29 is 4.79 Å². The molecule has 0 spiro atoms. The zero-order valence-electron chi connectivity index (χ0n) is 9.46. The molecule has 1 saturated carbocycles. The highest BCUT2D eigenvalue weighted by Crippen LogP contribution is 2.66. The van der Waals surface area contributed by atoms with Crippen molar-refractivity contribution in [2.75, 3.05) is 0 Å². The van der Waals surface area contributed by atoms with Crippen molar-refractivity contribution in [2.24, 2.45) is 10.5 Å². The van der Waals surface area contributed by atoms with Gasteiger partial charge in [0.25, 0.3) is 0 Å². The fourth-order valence-corrected chi connectivity index (χ4v) is 3.68. The van der Waals surface area contributed by atoms with Crippen LogP contribution in [0.2, 0.25) is 0 Å². The van der Waals surface area contributed by atoms with Crippen LogP contribution in [0.1, 0.15) is 23.1 Å². The lowest BCUT2D eigenvalue weighted by Gasteiger charge is -2.09. The average molecular weight is 380 g/mol. The first-order valence-corrected chi connectivity index (χ1v) is 7.53. The second-order valence-corrected chi connectivity index (χ2v) is 9.45. The summed E-state index contributed by atoms with van der Waals surface area (Å²) in [5, 5.41) is 3.97. The lowest BCUT2D eigenvalue weighted by atomic mass is 10.1. The topological polar surface area (TPSA) is 41.5 Å². The molecule has 1 N–H and O–H groups in total. The van der Waals surface area contributed by atoms with Gasteiger partial charge in [-0.3, -0.25) is 4.79 Å². The molecule has 1 amide bonds. The lowest BCUT2D eigenvalue weighted by Crippen LogP contribution is -2.29.